The van der Waals surface area contributed by atoms with Crippen molar-refractivity contribution in [1.29, 1.82) is 5.26 Å². The molecule has 1 aliphatic carbocycles. The molecule has 0 saturated carbocycles. The molecule has 1 aliphatic heterocycles. The Morgan fingerprint density at radius 2 is 1.77 bits per heavy atom. The molecule has 4 heteroatoms. The van der Waals surface area contributed by atoms with Gasteiger partial charge in [0, 0.05) is 29.1 Å². The second kappa shape index (κ2) is 7.53. The van der Waals surface area contributed by atoms with Gasteiger partial charge in [0.25, 0.3) is 0 Å². The summed E-state index contributed by atoms with van der Waals surface area (Å²) in [5, 5.41) is 15.4. The first kappa shape index (κ1) is 18.2. The lowest BCUT2D eigenvalue weighted by Crippen LogP contribution is -2.27. The van der Waals surface area contributed by atoms with Crippen molar-refractivity contribution in [2.24, 2.45) is 0 Å². The topological polar surface area (TPSA) is 62.1 Å². The normalized spacial score (nSPS) is 18.3. The maximum atomic E-state index is 11.9. The average Bonchev–Trinajstić information content (AvgIpc) is 2.78. The molecule has 4 nitrogen and oxygen atoms in total. The Balaban J connectivity index is 1.70. The zero-order valence-electron chi connectivity index (χ0n) is 16.4. The fraction of sp³-hybridized carbons (Fsp3) is 0.154. The van der Waals surface area contributed by atoms with Crippen molar-refractivity contribution in [1.82, 2.24) is 5.32 Å². The van der Waals surface area contributed by atoms with Gasteiger partial charge in [0.2, 0.25) is 5.88 Å². The molecular weight excluding hydrogens is 372 g/mol. The molecule has 1 N–H and O–H groups in total. The second-order valence-corrected chi connectivity index (χ2v) is 7.62. The monoisotopic (exact) mass is 392 g/mol. The zero-order chi connectivity index (χ0) is 20.5. The van der Waals surface area contributed by atoms with Crippen LogP contribution in [0.5, 0.6) is 5.75 Å². The molecule has 0 bridgehead atoms. The summed E-state index contributed by atoms with van der Waals surface area (Å²) in [5.74, 6) is 1.03. The molecule has 30 heavy (non-hydrogen) atoms. The van der Waals surface area contributed by atoms with Crippen LogP contribution < -0.4 is 10.1 Å². The van der Waals surface area contributed by atoms with Crippen LogP contribution in [0.4, 0.5) is 0 Å². The molecule has 0 saturated heterocycles. The number of allylic oxidation sites excluding steroid dienone is 3. The largest absolute Gasteiger partial charge is 0.439 e. The van der Waals surface area contributed by atoms with E-state index in [1.54, 1.807) is 6.08 Å². The van der Waals surface area contributed by atoms with Crippen LogP contribution in [0, 0.1) is 11.3 Å². The lowest BCUT2D eigenvalue weighted by molar-refractivity contribution is -0.115. The molecule has 0 amide bonds. The number of hydrogen-bond donors (Lipinski definition) is 1. The van der Waals surface area contributed by atoms with Gasteiger partial charge in [0.1, 0.15) is 17.4 Å². The van der Waals surface area contributed by atoms with E-state index in [9.17, 15) is 10.1 Å². The van der Waals surface area contributed by atoms with Gasteiger partial charge in [0.05, 0.1) is 5.92 Å². The van der Waals surface area contributed by atoms with E-state index in [4.69, 9.17) is 4.74 Å². The minimum absolute atomic E-state index is 0.101. The van der Waals surface area contributed by atoms with E-state index in [-0.39, 0.29) is 11.7 Å². The first-order chi connectivity index (χ1) is 14.7. The van der Waals surface area contributed by atoms with Crippen molar-refractivity contribution in [3.05, 3.63) is 101 Å². The van der Waals surface area contributed by atoms with Crippen LogP contribution in [0.25, 0.3) is 10.8 Å². The van der Waals surface area contributed by atoms with Gasteiger partial charge >= 0.3 is 0 Å². The number of hydrogen-bond acceptors (Lipinski definition) is 4. The Kier molecular flexibility index (Phi) is 4.57. The molecule has 1 atom stereocenters. The first-order valence-corrected chi connectivity index (χ1v) is 10.1. The Morgan fingerprint density at radius 3 is 2.57 bits per heavy atom. The number of ketones is 1. The van der Waals surface area contributed by atoms with Crippen LogP contribution in [-0.2, 0) is 4.79 Å². The van der Waals surface area contributed by atoms with Crippen LogP contribution in [0.2, 0.25) is 0 Å². The maximum Gasteiger partial charge on any atom is 0.212 e. The number of nitriles is 1. The fourth-order valence-electron chi connectivity index (χ4n) is 4.28. The second-order valence-electron chi connectivity index (χ2n) is 7.62. The number of fused-ring (bicyclic) bond motifs is 3. The molecule has 1 heterocycles. The maximum absolute atomic E-state index is 11.9. The minimum atomic E-state index is -0.244. The van der Waals surface area contributed by atoms with Crippen LogP contribution >= 0.6 is 0 Å². The van der Waals surface area contributed by atoms with Gasteiger partial charge in [-0.25, -0.2) is 0 Å². The van der Waals surface area contributed by atoms with E-state index in [1.807, 2.05) is 54.6 Å². The first-order valence-electron chi connectivity index (χ1n) is 10.1. The smallest absolute Gasteiger partial charge is 0.212 e. The van der Waals surface area contributed by atoms with Gasteiger partial charge < -0.3 is 10.1 Å². The predicted octanol–water partition coefficient (Wildman–Crippen LogP) is 5.33. The molecule has 0 aromatic heterocycles. The quantitative estimate of drug-likeness (QED) is 0.655. The highest BCUT2D eigenvalue weighted by atomic mass is 16.5. The van der Waals surface area contributed by atoms with Crippen molar-refractivity contribution in [3.8, 4) is 11.8 Å². The number of rotatable bonds is 3. The Labute approximate surface area is 175 Å². The highest BCUT2D eigenvalue weighted by Gasteiger charge is 2.33. The lowest BCUT2D eigenvalue weighted by Gasteiger charge is -2.30. The van der Waals surface area contributed by atoms with E-state index < -0.39 is 0 Å². The molecule has 3 aromatic rings. The Morgan fingerprint density at radius 1 is 0.967 bits per heavy atom. The van der Waals surface area contributed by atoms with Crippen LogP contribution in [0.3, 0.4) is 0 Å². The SMILES string of the molecule is N#CC1=C(NC2=CC(=O)CCC2)Oc2c(ccc3ccccc23)C1c1ccccc1. The number of benzene rings is 3. The molecule has 2 aliphatic rings. The van der Waals surface area contributed by atoms with Crippen molar-refractivity contribution in [3.63, 3.8) is 0 Å². The van der Waals surface area contributed by atoms with Gasteiger partial charge in [0.15, 0.2) is 5.78 Å². The minimum Gasteiger partial charge on any atom is -0.439 e. The number of nitrogens with zero attached hydrogens (tertiary/aromatic N) is 1. The molecule has 146 valence electrons. The molecule has 0 spiro atoms. The summed E-state index contributed by atoms with van der Waals surface area (Å²) >= 11 is 0. The third kappa shape index (κ3) is 3.15. The highest BCUT2D eigenvalue weighted by molar-refractivity contribution is 5.92. The standard InChI is InChI=1S/C26H20N2O2/c27-16-23-24(18-8-2-1-3-9-18)22-14-13-17-7-4-5-12-21(17)25(22)30-26(23)28-19-10-6-11-20(29)15-19/h1-5,7-9,12-15,24,28H,6,10-11H2. The molecule has 5 rings (SSSR count). The van der Waals surface area contributed by atoms with Crippen LogP contribution in [0.1, 0.15) is 36.3 Å². The van der Waals surface area contributed by atoms with Crippen molar-refractivity contribution in [2.75, 3.05) is 0 Å². The lowest BCUT2D eigenvalue weighted by atomic mass is 9.82. The van der Waals surface area contributed by atoms with Crippen LogP contribution in [-0.4, -0.2) is 5.78 Å². The van der Waals surface area contributed by atoms with Crippen molar-refractivity contribution >= 4 is 16.6 Å². The predicted molar refractivity (Wildman–Crippen MR) is 116 cm³/mol. The fourth-order valence-corrected chi connectivity index (χ4v) is 4.28. The van der Waals surface area contributed by atoms with Gasteiger partial charge in [-0.2, -0.15) is 5.26 Å². The summed E-state index contributed by atoms with van der Waals surface area (Å²) < 4.78 is 6.33. The summed E-state index contributed by atoms with van der Waals surface area (Å²) in [4.78, 5) is 11.9. The van der Waals surface area contributed by atoms with Crippen molar-refractivity contribution in [2.45, 2.75) is 25.2 Å². The molecule has 0 fully saturated rings. The zero-order valence-corrected chi connectivity index (χ0v) is 16.4. The number of ether oxygens (including phenoxy) is 1. The molecule has 1 unspecified atom stereocenters. The summed E-state index contributed by atoms with van der Waals surface area (Å²) in [7, 11) is 0. The van der Waals surface area contributed by atoms with E-state index in [0.29, 0.717) is 17.9 Å². The van der Waals surface area contributed by atoms with Gasteiger partial charge in [-0.3, -0.25) is 4.79 Å². The summed E-state index contributed by atoms with van der Waals surface area (Å²) in [5.41, 5.74) is 3.31. The third-order valence-electron chi connectivity index (χ3n) is 5.69. The Bertz CT molecular complexity index is 1250. The van der Waals surface area contributed by atoms with E-state index in [0.717, 1.165) is 46.2 Å². The summed E-state index contributed by atoms with van der Waals surface area (Å²) in [6.07, 6.45) is 3.76. The highest BCUT2D eigenvalue weighted by Crippen LogP contribution is 2.45. The van der Waals surface area contributed by atoms with E-state index in [1.165, 1.54) is 0 Å². The number of nitrogens with one attached hydrogen (secondary N) is 1. The number of carbonyl (C=O) groups excluding carboxylic acids is 1. The Hall–Kier alpha value is -3.84. The van der Waals surface area contributed by atoms with Gasteiger partial charge in [-0.1, -0.05) is 66.7 Å². The summed E-state index contributed by atoms with van der Waals surface area (Å²) in [6, 6.07) is 24.6. The third-order valence-corrected chi connectivity index (χ3v) is 5.69. The van der Waals surface area contributed by atoms with Crippen LogP contribution in [0.15, 0.2) is 90.0 Å². The number of carbonyl (C=O) groups is 1. The van der Waals surface area contributed by atoms with Gasteiger partial charge in [-0.15, -0.1) is 0 Å². The van der Waals surface area contributed by atoms with Gasteiger partial charge in [-0.05, 0) is 23.8 Å². The summed E-state index contributed by atoms with van der Waals surface area (Å²) in [6.45, 7) is 0. The van der Waals surface area contributed by atoms with E-state index in [2.05, 4.69) is 23.5 Å². The van der Waals surface area contributed by atoms with Crippen molar-refractivity contribution < 1.29 is 9.53 Å². The molecule has 3 aromatic carbocycles. The molecular formula is C26H20N2O2. The molecule has 0 radical (unpaired) electrons. The average molecular weight is 392 g/mol. The van der Waals surface area contributed by atoms with E-state index >= 15 is 0 Å².